The number of halogens is 11. The van der Waals surface area contributed by atoms with Gasteiger partial charge in [0.25, 0.3) is 0 Å². The van der Waals surface area contributed by atoms with Gasteiger partial charge in [-0.15, -0.1) is 0 Å². The number of alkyl halides is 6. The molecule has 1 aliphatic carbocycles. The maximum Gasteiger partial charge on any atom is 0.417 e. The van der Waals surface area contributed by atoms with Gasteiger partial charge in [-0.1, -0.05) is 12.1 Å². The highest BCUT2D eigenvalue weighted by molar-refractivity contribution is 6.15. The molecule has 1 aliphatic rings. The lowest BCUT2D eigenvalue weighted by molar-refractivity contribution is -0.138. The highest BCUT2D eigenvalue weighted by atomic mass is 19.4. The number of hydrogen-bond acceptors (Lipinski definition) is 9. The van der Waals surface area contributed by atoms with E-state index in [0.29, 0.717) is 24.3 Å². The van der Waals surface area contributed by atoms with Gasteiger partial charge in [-0.2, -0.15) is 52.7 Å². The average molecular weight is 862 g/mol. The molecule has 2 aromatic heterocycles. The first kappa shape index (κ1) is 41.0. The minimum atomic E-state index is -5.31. The van der Waals surface area contributed by atoms with Gasteiger partial charge in [0.2, 0.25) is 5.82 Å². The molecule has 0 radical (unpaired) electrons. The third kappa shape index (κ3) is 6.44. The summed E-state index contributed by atoms with van der Waals surface area (Å²) in [5.41, 5.74) is -14.4. The van der Waals surface area contributed by atoms with E-state index < -0.39 is 125 Å². The van der Waals surface area contributed by atoms with Crippen LogP contribution >= 0.6 is 0 Å². The lowest BCUT2D eigenvalue weighted by atomic mass is 9.88. The van der Waals surface area contributed by atoms with E-state index in [2.05, 4.69) is 19.9 Å². The molecule has 0 atom stereocenters. The Morgan fingerprint density at radius 3 is 1.10 bits per heavy atom. The first-order valence-electron chi connectivity index (χ1n) is 17.3. The van der Waals surface area contributed by atoms with E-state index in [0.717, 1.165) is 36.4 Å². The van der Waals surface area contributed by atoms with E-state index in [1.165, 1.54) is 6.07 Å². The molecule has 63 heavy (non-hydrogen) atoms. The van der Waals surface area contributed by atoms with Crippen molar-refractivity contribution in [3.63, 3.8) is 0 Å². The predicted molar refractivity (Wildman–Crippen MR) is 196 cm³/mol. The van der Waals surface area contributed by atoms with Crippen LogP contribution in [0.15, 0.2) is 60.7 Å². The number of nitriles is 5. The van der Waals surface area contributed by atoms with E-state index in [1.807, 2.05) is 0 Å². The van der Waals surface area contributed by atoms with Gasteiger partial charge in [-0.25, -0.2) is 41.9 Å². The Morgan fingerprint density at radius 2 is 0.762 bits per heavy atom. The fourth-order valence-electron chi connectivity index (χ4n) is 7.24. The fraction of sp³-hybridized carbons (Fsp3) is 0.0465. The molecule has 0 fully saturated rings. The van der Waals surface area contributed by atoms with Crippen molar-refractivity contribution in [2.24, 2.45) is 0 Å². The first-order valence-corrected chi connectivity index (χ1v) is 17.3. The fourth-order valence-corrected chi connectivity index (χ4v) is 7.24. The molecule has 0 aliphatic heterocycles. The number of fused-ring (bicyclic) bond motifs is 5. The van der Waals surface area contributed by atoms with Gasteiger partial charge < -0.3 is 0 Å². The van der Waals surface area contributed by atoms with Crippen LogP contribution in [0.1, 0.15) is 50.6 Å². The summed E-state index contributed by atoms with van der Waals surface area (Å²) in [4.78, 5) is 15.9. The average Bonchev–Trinajstić information content (AvgIpc) is 3.58. The maximum absolute atomic E-state index is 15.6. The van der Waals surface area contributed by atoms with E-state index >= 15 is 35.1 Å². The van der Waals surface area contributed by atoms with Crippen molar-refractivity contribution < 1.29 is 48.3 Å². The third-order valence-electron chi connectivity index (χ3n) is 9.95. The largest absolute Gasteiger partial charge is 0.417 e. The van der Waals surface area contributed by atoms with Crippen LogP contribution in [0.4, 0.5) is 48.3 Å². The molecular formula is C43H10F11N9. The molecule has 0 spiro atoms. The van der Waals surface area contributed by atoms with Gasteiger partial charge in [0.15, 0.2) is 46.0 Å². The second-order valence-corrected chi connectivity index (χ2v) is 13.4. The standard InChI is InChI=1S/C43H10F11N9/c44-37-36(38(45)40(47)41(48)39(37)46)24(11-55)35-22-7-18(16-1-3-27-29(5-16)62-33(14-58)31(12-56)60-27)25(42(49,50)51)9-20(22)21-10-26(43(52,53)54)19(8-23(21)35)17-2-4-28-30(6-17)63-34(15-59)32(13-57)61-28/h1-10H. The van der Waals surface area contributed by atoms with Crippen LogP contribution in [0.5, 0.6) is 0 Å². The van der Waals surface area contributed by atoms with Gasteiger partial charge in [0, 0.05) is 5.57 Å². The van der Waals surface area contributed by atoms with Crippen molar-refractivity contribution in [2.75, 3.05) is 0 Å². The Labute approximate surface area is 343 Å². The van der Waals surface area contributed by atoms with Crippen molar-refractivity contribution in [3.8, 4) is 63.7 Å². The van der Waals surface area contributed by atoms with Crippen LogP contribution in [-0.4, -0.2) is 19.9 Å². The van der Waals surface area contributed by atoms with E-state index in [9.17, 15) is 39.5 Å². The summed E-state index contributed by atoms with van der Waals surface area (Å²) < 4.78 is 166. The molecule has 0 amide bonds. The molecular weight excluding hydrogens is 852 g/mol. The lowest BCUT2D eigenvalue weighted by Crippen LogP contribution is -2.09. The summed E-state index contributed by atoms with van der Waals surface area (Å²) in [5.74, 6) is -12.7. The zero-order chi connectivity index (χ0) is 45.4. The molecule has 9 nitrogen and oxygen atoms in total. The minimum absolute atomic E-state index is 0.0590. The summed E-state index contributed by atoms with van der Waals surface area (Å²) in [5, 5.41) is 48.1. The minimum Gasteiger partial charge on any atom is -0.232 e. The number of nitrogens with zero attached hydrogens (tertiary/aromatic N) is 9. The van der Waals surface area contributed by atoms with Gasteiger partial charge in [-0.05, 0) is 93.0 Å². The monoisotopic (exact) mass is 861 g/mol. The van der Waals surface area contributed by atoms with Crippen molar-refractivity contribution in [3.05, 3.63) is 140 Å². The second-order valence-electron chi connectivity index (χ2n) is 13.4. The number of aromatic nitrogens is 4. The van der Waals surface area contributed by atoms with Crippen molar-refractivity contribution >= 4 is 33.2 Å². The molecule has 20 heteroatoms. The van der Waals surface area contributed by atoms with E-state index in [-0.39, 0.29) is 33.2 Å². The summed E-state index contributed by atoms with van der Waals surface area (Å²) in [6, 6.07) is 16.5. The molecule has 7 aromatic rings. The number of allylic oxidation sites excluding steroid dienone is 1. The Hall–Kier alpha value is -8.80. The van der Waals surface area contributed by atoms with Gasteiger partial charge >= 0.3 is 12.4 Å². The van der Waals surface area contributed by atoms with Crippen molar-refractivity contribution in [1.82, 2.24) is 19.9 Å². The predicted octanol–water partition coefficient (Wildman–Crippen LogP) is 10.6. The van der Waals surface area contributed by atoms with Gasteiger partial charge in [0.05, 0.1) is 44.3 Å². The second kappa shape index (κ2) is 14.4. The van der Waals surface area contributed by atoms with Crippen LogP contribution in [0.3, 0.4) is 0 Å². The molecule has 5 aromatic carbocycles. The number of hydrogen-bond donors (Lipinski definition) is 0. The normalized spacial score (nSPS) is 11.9. The molecule has 0 unspecified atom stereocenters. The maximum atomic E-state index is 15.6. The van der Waals surface area contributed by atoms with Crippen LogP contribution in [0, 0.1) is 85.7 Å². The molecule has 8 rings (SSSR count). The zero-order valence-corrected chi connectivity index (χ0v) is 30.5. The molecule has 2 heterocycles. The van der Waals surface area contributed by atoms with Crippen molar-refractivity contribution in [1.29, 1.82) is 26.3 Å². The van der Waals surface area contributed by atoms with Crippen LogP contribution in [0.2, 0.25) is 0 Å². The molecule has 304 valence electrons. The summed E-state index contributed by atoms with van der Waals surface area (Å²) >= 11 is 0. The summed E-state index contributed by atoms with van der Waals surface area (Å²) in [6.45, 7) is 0. The Bertz CT molecular complexity index is 3290. The molecule has 0 saturated heterocycles. The highest BCUT2D eigenvalue weighted by Gasteiger charge is 2.42. The molecule has 0 saturated carbocycles. The highest BCUT2D eigenvalue weighted by Crippen LogP contribution is 2.55. The van der Waals surface area contributed by atoms with Crippen LogP contribution < -0.4 is 0 Å². The smallest absolute Gasteiger partial charge is 0.232 e. The Morgan fingerprint density at radius 1 is 0.413 bits per heavy atom. The van der Waals surface area contributed by atoms with Gasteiger partial charge in [0.1, 0.15) is 30.3 Å². The third-order valence-corrected chi connectivity index (χ3v) is 9.95. The van der Waals surface area contributed by atoms with E-state index in [1.54, 1.807) is 24.3 Å². The Kier molecular flexibility index (Phi) is 9.39. The van der Waals surface area contributed by atoms with E-state index in [4.69, 9.17) is 0 Å². The molecule has 0 bridgehead atoms. The van der Waals surface area contributed by atoms with Crippen LogP contribution in [0.25, 0.3) is 66.6 Å². The number of rotatable bonds is 3. The topological polar surface area (TPSA) is 171 Å². The van der Waals surface area contributed by atoms with Gasteiger partial charge in [-0.3, -0.25) is 0 Å². The molecule has 0 N–H and O–H groups in total. The zero-order valence-electron chi connectivity index (χ0n) is 30.5. The summed E-state index contributed by atoms with van der Waals surface area (Å²) in [7, 11) is 0. The quantitative estimate of drug-likeness (QED) is 0.0726. The Balaban J connectivity index is 1.51. The van der Waals surface area contributed by atoms with Crippen molar-refractivity contribution in [2.45, 2.75) is 12.4 Å². The number of benzene rings is 5. The SMILES string of the molecule is N#CC(=C1c2cc(-c3ccc4nc(C#N)c(C#N)nc4c3)c(C(F)(F)F)cc2-c2cc(C(F)(F)F)c(-c3ccc4nc(C#N)c(C#N)nc4c3)cc21)c1c(F)c(F)c(F)c(F)c1F. The first-order chi connectivity index (χ1) is 29.8. The van der Waals surface area contributed by atoms with Crippen LogP contribution in [-0.2, 0) is 12.4 Å². The lowest BCUT2D eigenvalue weighted by Gasteiger charge is -2.17. The summed E-state index contributed by atoms with van der Waals surface area (Å²) in [6.07, 6.45) is -10.6.